The second-order valence-electron chi connectivity index (χ2n) is 6.33. The molecule has 0 bridgehead atoms. The van der Waals surface area contributed by atoms with Gasteiger partial charge in [-0.2, -0.15) is 15.5 Å². The van der Waals surface area contributed by atoms with Gasteiger partial charge in [0.2, 0.25) is 0 Å². The summed E-state index contributed by atoms with van der Waals surface area (Å²) in [6.45, 7) is 2.25. The molecule has 0 radical (unpaired) electrons. The molecule has 1 aliphatic heterocycles. The fourth-order valence-electron chi connectivity index (χ4n) is 3.28. The molecule has 4 heterocycles. The number of pyridine rings is 1. The van der Waals surface area contributed by atoms with Crippen molar-refractivity contribution in [1.29, 1.82) is 5.26 Å². The number of rotatable bonds is 3. The second kappa shape index (κ2) is 6.61. The Balaban J connectivity index is 1.62. The molecule has 8 heteroatoms. The van der Waals surface area contributed by atoms with Gasteiger partial charge in [-0.25, -0.2) is 4.98 Å². The van der Waals surface area contributed by atoms with E-state index in [1.807, 2.05) is 22.9 Å². The fraction of sp³-hybridized carbons (Fsp3) is 0.333. The lowest BCUT2D eigenvalue weighted by Crippen LogP contribution is -2.23. The quantitative estimate of drug-likeness (QED) is 0.767. The molecule has 4 rings (SSSR count). The number of anilines is 1. The van der Waals surface area contributed by atoms with E-state index in [0.717, 1.165) is 31.0 Å². The van der Waals surface area contributed by atoms with Gasteiger partial charge in [-0.15, -0.1) is 0 Å². The zero-order valence-electron chi connectivity index (χ0n) is 14.4. The van der Waals surface area contributed by atoms with Gasteiger partial charge in [0.25, 0.3) is 0 Å². The molecule has 132 valence electrons. The smallest absolute Gasteiger partial charge is 0.142 e. The maximum Gasteiger partial charge on any atom is 0.142 e. The summed E-state index contributed by atoms with van der Waals surface area (Å²) < 4.78 is 3.60. The summed E-state index contributed by atoms with van der Waals surface area (Å²) in [5, 5.41) is 28.4. The minimum Gasteiger partial charge on any atom is -0.380 e. The van der Waals surface area contributed by atoms with Crippen molar-refractivity contribution < 1.29 is 5.11 Å². The molecule has 3 aromatic rings. The Kier molecular flexibility index (Phi) is 4.14. The lowest BCUT2D eigenvalue weighted by Gasteiger charge is -2.21. The van der Waals surface area contributed by atoms with Crippen LogP contribution in [0.2, 0.25) is 0 Å². The molecule has 0 saturated carbocycles. The van der Waals surface area contributed by atoms with Crippen LogP contribution in [0.3, 0.4) is 0 Å². The fourth-order valence-corrected chi connectivity index (χ4v) is 3.28. The van der Waals surface area contributed by atoms with Crippen molar-refractivity contribution in [3.05, 3.63) is 59.3 Å². The first-order chi connectivity index (χ1) is 12.7. The molecule has 0 amide bonds. The molecule has 26 heavy (non-hydrogen) atoms. The van der Waals surface area contributed by atoms with Crippen molar-refractivity contribution in [2.24, 2.45) is 7.05 Å². The number of hydrogen-bond donors (Lipinski definition) is 1. The molecule has 0 aliphatic carbocycles. The van der Waals surface area contributed by atoms with Crippen molar-refractivity contribution in [2.45, 2.75) is 25.6 Å². The largest absolute Gasteiger partial charge is 0.380 e. The molecule has 1 aliphatic rings. The first-order valence-electron chi connectivity index (χ1n) is 8.50. The lowest BCUT2D eigenvalue weighted by molar-refractivity contribution is 0.203. The summed E-state index contributed by atoms with van der Waals surface area (Å²) in [7, 11) is 1.80. The van der Waals surface area contributed by atoms with E-state index >= 15 is 0 Å². The molecular formula is C18H19N7O. The van der Waals surface area contributed by atoms with E-state index in [4.69, 9.17) is 5.26 Å². The molecule has 1 N–H and O–H groups in total. The molecule has 0 saturated heterocycles. The van der Waals surface area contributed by atoms with Gasteiger partial charge in [0.1, 0.15) is 23.7 Å². The third-order valence-electron chi connectivity index (χ3n) is 4.63. The second-order valence-corrected chi connectivity index (χ2v) is 6.33. The van der Waals surface area contributed by atoms with Gasteiger partial charge in [0, 0.05) is 26.3 Å². The highest BCUT2D eigenvalue weighted by Gasteiger charge is 2.22. The van der Waals surface area contributed by atoms with Gasteiger partial charge in [0.05, 0.1) is 23.6 Å². The Morgan fingerprint density at radius 3 is 2.92 bits per heavy atom. The Hall–Kier alpha value is -3.18. The summed E-state index contributed by atoms with van der Waals surface area (Å²) in [5.41, 5.74) is 2.75. The normalized spacial score (nSPS) is 15.2. The molecule has 3 aromatic heterocycles. The van der Waals surface area contributed by atoms with Gasteiger partial charge in [-0.05, 0) is 30.7 Å². The van der Waals surface area contributed by atoms with Crippen LogP contribution in [0.15, 0.2) is 36.5 Å². The Labute approximate surface area is 150 Å². The third kappa shape index (κ3) is 2.93. The van der Waals surface area contributed by atoms with Crippen LogP contribution in [0.4, 0.5) is 5.82 Å². The highest BCUT2D eigenvalue weighted by molar-refractivity contribution is 5.42. The van der Waals surface area contributed by atoms with Gasteiger partial charge in [-0.3, -0.25) is 9.36 Å². The number of aromatic nitrogens is 5. The van der Waals surface area contributed by atoms with Crippen molar-refractivity contribution in [3.8, 4) is 6.07 Å². The third-order valence-corrected chi connectivity index (χ3v) is 4.63. The van der Waals surface area contributed by atoms with E-state index in [0.29, 0.717) is 23.6 Å². The number of aliphatic hydroxyl groups excluding tert-OH is 1. The van der Waals surface area contributed by atoms with E-state index < -0.39 is 6.10 Å². The standard InChI is InChI=1S/C18H19N7O/c1-23-16(6-7-20-23)18(26)15-10-14-12-24(8-3-9-25(14)22-15)17-5-2-4-13(11-19)21-17/h2,4-7,10,18,26H,3,8-9,12H2,1H3/t18-/m0/s1. The zero-order valence-corrected chi connectivity index (χ0v) is 14.4. The molecule has 0 aromatic carbocycles. The number of nitriles is 1. The first kappa shape index (κ1) is 16.3. The maximum atomic E-state index is 10.6. The van der Waals surface area contributed by atoms with Crippen LogP contribution in [0.1, 0.15) is 35.3 Å². The summed E-state index contributed by atoms with van der Waals surface area (Å²) in [6.07, 6.45) is 1.76. The van der Waals surface area contributed by atoms with Crippen LogP contribution in [-0.2, 0) is 20.1 Å². The topological polar surface area (TPSA) is 95.8 Å². The molecule has 0 spiro atoms. The van der Waals surface area contributed by atoms with Crippen LogP contribution >= 0.6 is 0 Å². The summed E-state index contributed by atoms with van der Waals surface area (Å²) in [4.78, 5) is 6.54. The van der Waals surface area contributed by atoms with Crippen molar-refractivity contribution in [1.82, 2.24) is 24.5 Å². The summed E-state index contributed by atoms with van der Waals surface area (Å²) in [5.74, 6) is 0.785. The van der Waals surface area contributed by atoms with Gasteiger partial charge in [0.15, 0.2) is 0 Å². The number of nitrogens with zero attached hydrogens (tertiary/aromatic N) is 7. The zero-order chi connectivity index (χ0) is 18.1. The minimum absolute atomic E-state index is 0.410. The molecule has 8 nitrogen and oxygen atoms in total. The van der Waals surface area contributed by atoms with Crippen LogP contribution < -0.4 is 4.90 Å². The highest BCUT2D eigenvalue weighted by Crippen LogP contribution is 2.24. The number of aryl methyl sites for hydroxylation is 2. The van der Waals surface area contributed by atoms with Crippen molar-refractivity contribution in [2.75, 3.05) is 11.4 Å². The first-order valence-corrected chi connectivity index (χ1v) is 8.50. The SMILES string of the molecule is Cn1nccc1[C@@H](O)c1cc2n(n1)CCCN(c1cccc(C#N)n1)C2. The van der Waals surface area contributed by atoms with Crippen LogP contribution in [0.5, 0.6) is 0 Å². The van der Waals surface area contributed by atoms with E-state index in [-0.39, 0.29) is 0 Å². The van der Waals surface area contributed by atoms with Crippen molar-refractivity contribution in [3.63, 3.8) is 0 Å². The maximum absolute atomic E-state index is 10.6. The van der Waals surface area contributed by atoms with Crippen LogP contribution in [0.25, 0.3) is 0 Å². The molecule has 1 atom stereocenters. The minimum atomic E-state index is -0.810. The van der Waals surface area contributed by atoms with Gasteiger partial charge in [-0.1, -0.05) is 6.07 Å². The molecule has 0 unspecified atom stereocenters. The Morgan fingerprint density at radius 2 is 2.15 bits per heavy atom. The van der Waals surface area contributed by atoms with Gasteiger partial charge >= 0.3 is 0 Å². The van der Waals surface area contributed by atoms with Gasteiger partial charge < -0.3 is 10.0 Å². The Bertz CT molecular complexity index is 968. The average molecular weight is 349 g/mol. The number of aliphatic hydroxyl groups is 1. The predicted molar refractivity (Wildman–Crippen MR) is 94.1 cm³/mol. The molecular weight excluding hydrogens is 330 g/mol. The van der Waals surface area contributed by atoms with E-state index in [1.54, 1.807) is 30.1 Å². The van der Waals surface area contributed by atoms with E-state index in [1.165, 1.54) is 0 Å². The molecule has 0 fully saturated rings. The predicted octanol–water partition coefficient (Wildman–Crippen LogP) is 1.38. The summed E-state index contributed by atoms with van der Waals surface area (Å²) in [6, 6.07) is 11.3. The lowest BCUT2D eigenvalue weighted by atomic mass is 10.2. The Morgan fingerprint density at radius 1 is 1.27 bits per heavy atom. The average Bonchev–Trinajstić information content (AvgIpc) is 3.21. The number of hydrogen-bond acceptors (Lipinski definition) is 6. The monoisotopic (exact) mass is 349 g/mol. The van der Waals surface area contributed by atoms with E-state index in [2.05, 4.69) is 26.2 Å². The number of fused-ring (bicyclic) bond motifs is 1. The summed E-state index contributed by atoms with van der Waals surface area (Å²) >= 11 is 0. The highest BCUT2D eigenvalue weighted by atomic mass is 16.3. The van der Waals surface area contributed by atoms with Crippen LogP contribution in [-0.4, -0.2) is 36.2 Å². The van der Waals surface area contributed by atoms with Crippen LogP contribution in [0, 0.1) is 11.3 Å². The van der Waals surface area contributed by atoms with E-state index in [9.17, 15) is 5.11 Å². The van der Waals surface area contributed by atoms with Crippen molar-refractivity contribution >= 4 is 5.82 Å².